The van der Waals surface area contributed by atoms with Gasteiger partial charge in [-0.05, 0) is 45.2 Å². The topological polar surface area (TPSA) is 12.0 Å². The first-order valence-electron chi connectivity index (χ1n) is 6.93. The molecule has 0 bridgehead atoms. The van der Waals surface area contributed by atoms with E-state index in [0.29, 0.717) is 0 Å². The standard InChI is InChI=1S/C16H24FN/c1-15(2,3)18-12-16(10-6-7-11-16)13-8-4-5-9-14(13)17/h4-5,8-9,18H,6-7,10-12H2,1-3H3. The molecule has 0 unspecified atom stereocenters. The lowest BCUT2D eigenvalue weighted by atomic mass is 9.78. The number of benzene rings is 1. The van der Waals surface area contributed by atoms with Crippen LogP contribution in [-0.4, -0.2) is 12.1 Å². The molecule has 2 rings (SSSR count). The molecule has 1 aromatic carbocycles. The molecular weight excluding hydrogens is 225 g/mol. The lowest BCUT2D eigenvalue weighted by molar-refractivity contribution is 0.325. The van der Waals surface area contributed by atoms with Crippen molar-refractivity contribution in [2.75, 3.05) is 6.54 Å². The van der Waals surface area contributed by atoms with Crippen molar-refractivity contribution in [2.45, 2.75) is 57.4 Å². The third kappa shape index (κ3) is 2.92. The molecule has 1 fully saturated rings. The summed E-state index contributed by atoms with van der Waals surface area (Å²) in [4.78, 5) is 0. The molecule has 1 N–H and O–H groups in total. The molecule has 0 aliphatic heterocycles. The second-order valence-corrected chi connectivity index (χ2v) is 6.57. The summed E-state index contributed by atoms with van der Waals surface area (Å²) >= 11 is 0. The third-order valence-electron chi connectivity index (χ3n) is 3.96. The molecule has 0 aromatic heterocycles. The number of halogens is 1. The molecule has 0 amide bonds. The van der Waals surface area contributed by atoms with Crippen molar-refractivity contribution >= 4 is 0 Å². The van der Waals surface area contributed by atoms with E-state index in [-0.39, 0.29) is 16.8 Å². The summed E-state index contributed by atoms with van der Waals surface area (Å²) in [5.41, 5.74) is 0.985. The highest BCUT2D eigenvalue weighted by molar-refractivity contribution is 5.29. The maximum absolute atomic E-state index is 14.1. The van der Waals surface area contributed by atoms with E-state index in [2.05, 4.69) is 26.1 Å². The monoisotopic (exact) mass is 249 g/mol. The molecule has 1 aliphatic carbocycles. The highest BCUT2D eigenvalue weighted by Gasteiger charge is 2.37. The van der Waals surface area contributed by atoms with Crippen molar-refractivity contribution in [2.24, 2.45) is 0 Å². The summed E-state index contributed by atoms with van der Waals surface area (Å²) in [6, 6.07) is 7.28. The van der Waals surface area contributed by atoms with Crippen LogP contribution in [0.2, 0.25) is 0 Å². The Kier molecular flexibility index (Phi) is 3.76. The zero-order valence-electron chi connectivity index (χ0n) is 11.7. The molecule has 18 heavy (non-hydrogen) atoms. The lowest BCUT2D eigenvalue weighted by Crippen LogP contribution is -2.45. The van der Waals surface area contributed by atoms with Crippen LogP contribution in [-0.2, 0) is 5.41 Å². The maximum Gasteiger partial charge on any atom is 0.127 e. The van der Waals surface area contributed by atoms with E-state index in [1.165, 1.54) is 12.8 Å². The highest BCUT2D eigenvalue weighted by atomic mass is 19.1. The highest BCUT2D eigenvalue weighted by Crippen LogP contribution is 2.41. The van der Waals surface area contributed by atoms with Crippen molar-refractivity contribution in [1.82, 2.24) is 5.32 Å². The molecule has 1 aliphatic rings. The fourth-order valence-corrected chi connectivity index (χ4v) is 2.92. The number of hydrogen-bond donors (Lipinski definition) is 1. The van der Waals surface area contributed by atoms with Gasteiger partial charge in [0.2, 0.25) is 0 Å². The number of rotatable bonds is 3. The average molecular weight is 249 g/mol. The molecule has 1 nitrogen and oxygen atoms in total. The van der Waals surface area contributed by atoms with Gasteiger partial charge in [-0.15, -0.1) is 0 Å². The number of hydrogen-bond acceptors (Lipinski definition) is 1. The SMILES string of the molecule is CC(C)(C)NCC1(c2ccccc2F)CCCC1. The van der Waals surface area contributed by atoms with Gasteiger partial charge in [0.15, 0.2) is 0 Å². The number of nitrogens with one attached hydrogen (secondary N) is 1. The van der Waals surface area contributed by atoms with Gasteiger partial charge < -0.3 is 5.32 Å². The summed E-state index contributed by atoms with van der Waals surface area (Å²) in [7, 11) is 0. The molecular formula is C16H24FN. The van der Waals surface area contributed by atoms with E-state index in [1.807, 2.05) is 12.1 Å². The van der Waals surface area contributed by atoms with Gasteiger partial charge in [0, 0.05) is 17.5 Å². The van der Waals surface area contributed by atoms with Crippen LogP contribution in [0.5, 0.6) is 0 Å². The van der Waals surface area contributed by atoms with Gasteiger partial charge in [0.25, 0.3) is 0 Å². The van der Waals surface area contributed by atoms with Crippen LogP contribution in [0.3, 0.4) is 0 Å². The summed E-state index contributed by atoms with van der Waals surface area (Å²) in [5.74, 6) is -0.0462. The fourth-order valence-electron chi connectivity index (χ4n) is 2.92. The van der Waals surface area contributed by atoms with Crippen molar-refractivity contribution < 1.29 is 4.39 Å². The Hall–Kier alpha value is -0.890. The van der Waals surface area contributed by atoms with Crippen molar-refractivity contribution in [3.8, 4) is 0 Å². The lowest BCUT2D eigenvalue weighted by Gasteiger charge is -2.34. The largest absolute Gasteiger partial charge is 0.311 e. The summed E-state index contributed by atoms with van der Waals surface area (Å²) in [5, 5.41) is 3.56. The normalized spacial score (nSPS) is 19.1. The summed E-state index contributed by atoms with van der Waals surface area (Å²) < 4.78 is 14.1. The second-order valence-electron chi connectivity index (χ2n) is 6.57. The molecule has 1 aromatic rings. The van der Waals surface area contributed by atoms with E-state index >= 15 is 0 Å². The van der Waals surface area contributed by atoms with Crippen LogP contribution in [0, 0.1) is 5.82 Å². The van der Waals surface area contributed by atoms with Crippen LogP contribution in [0.25, 0.3) is 0 Å². The molecule has 0 radical (unpaired) electrons. The molecule has 0 spiro atoms. The van der Waals surface area contributed by atoms with Gasteiger partial charge in [-0.3, -0.25) is 0 Å². The first kappa shape index (κ1) is 13.5. The van der Waals surface area contributed by atoms with E-state index in [4.69, 9.17) is 0 Å². The van der Waals surface area contributed by atoms with Gasteiger partial charge >= 0.3 is 0 Å². The predicted molar refractivity (Wildman–Crippen MR) is 74.3 cm³/mol. The first-order valence-corrected chi connectivity index (χ1v) is 6.93. The van der Waals surface area contributed by atoms with Crippen molar-refractivity contribution in [3.63, 3.8) is 0 Å². The summed E-state index contributed by atoms with van der Waals surface area (Å²) in [6.45, 7) is 7.36. The van der Waals surface area contributed by atoms with Gasteiger partial charge in [-0.1, -0.05) is 31.0 Å². The van der Waals surface area contributed by atoms with Gasteiger partial charge in [0.1, 0.15) is 5.82 Å². The average Bonchev–Trinajstić information content (AvgIpc) is 2.76. The second kappa shape index (κ2) is 5.00. The van der Waals surface area contributed by atoms with E-state index in [9.17, 15) is 4.39 Å². The van der Waals surface area contributed by atoms with Crippen LogP contribution in [0.15, 0.2) is 24.3 Å². The van der Waals surface area contributed by atoms with Crippen LogP contribution in [0.1, 0.15) is 52.0 Å². The van der Waals surface area contributed by atoms with Gasteiger partial charge in [0.05, 0.1) is 0 Å². The van der Waals surface area contributed by atoms with Crippen LogP contribution < -0.4 is 5.32 Å². The quantitative estimate of drug-likeness (QED) is 0.853. The summed E-state index contributed by atoms with van der Waals surface area (Å²) in [6.07, 6.45) is 4.61. The third-order valence-corrected chi connectivity index (χ3v) is 3.96. The molecule has 1 saturated carbocycles. The Balaban J connectivity index is 2.25. The molecule has 0 atom stereocenters. The molecule has 100 valence electrons. The smallest absolute Gasteiger partial charge is 0.127 e. The predicted octanol–water partition coefficient (Wildman–Crippen LogP) is 4.03. The van der Waals surface area contributed by atoms with E-state index < -0.39 is 0 Å². The maximum atomic E-state index is 14.1. The molecule has 0 saturated heterocycles. The first-order chi connectivity index (χ1) is 8.43. The van der Waals surface area contributed by atoms with Crippen LogP contribution >= 0.6 is 0 Å². The Morgan fingerprint density at radius 2 is 1.78 bits per heavy atom. The zero-order chi connectivity index (χ0) is 13.2. The molecule has 2 heteroatoms. The fraction of sp³-hybridized carbons (Fsp3) is 0.625. The molecule has 0 heterocycles. The van der Waals surface area contributed by atoms with Gasteiger partial charge in [-0.25, -0.2) is 4.39 Å². The van der Waals surface area contributed by atoms with Crippen molar-refractivity contribution in [1.29, 1.82) is 0 Å². The van der Waals surface area contributed by atoms with E-state index in [0.717, 1.165) is 24.9 Å². The van der Waals surface area contributed by atoms with E-state index in [1.54, 1.807) is 12.1 Å². The minimum Gasteiger partial charge on any atom is -0.311 e. The minimum absolute atomic E-state index is 0.00137. The zero-order valence-corrected chi connectivity index (χ0v) is 11.7. The Bertz CT molecular complexity index is 400. The van der Waals surface area contributed by atoms with Gasteiger partial charge in [-0.2, -0.15) is 0 Å². The Labute approximate surface area is 110 Å². The Morgan fingerprint density at radius 1 is 1.17 bits per heavy atom. The van der Waals surface area contributed by atoms with Crippen molar-refractivity contribution in [3.05, 3.63) is 35.6 Å². The minimum atomic E-state index is -0.0462. The van der Waals surface area contributed by atoms with Crippen LogP contribution in [0.4, 0.5) is 4.39 Å². The Morgan fingerprint density at radius 3 is 2.33 bits per heavy atom.